The Morgan fingerprint density at radius 1 is 1.20 bits per heavy atom. The molecule has 0 spiro atoms. The lowest BCUT2D eigenvalue weighted by atomic mass is 9.88. The van der Waals surface area contributed by atoms with Crippen molar-refractivity contribution in [1.29, 1.82) is 0 Å². The van der Waals surface area contributed by atoms with Gasteiger partial charge in [-0.25, -0.2) is 15.0 Å². The molecule has 2 aliphatic rings. The molecule has 7 heteroatoms. The minimum Gasteiger partial charge on any atom is -0.368 e. The van der Waals surface area contributed by atoms with Crippen molar-refractivity contribution in [2.75, 3.05) is 12.3 Å². The van der Waals surface area contributed by atoms with Crippen LogP contribution in [0.3, 0.4) is 0 Å². The van der Waals surface area contributed by atoms with Gasteiger partial charge in [0.15, 0.2) is 0 Å². The number of nitrogens with zero attached hydrogens (tertiary/aromatic N) is 4. The zero-order valence-corrected chi connectivity index (χ0v) is 14.4. The van der Waals surface area contributed by atoms with Crippen molar-refractivity contribution in [2.45, 2.75) is 57.5 Å². The first-order valence-electron chi connectivity index (χ1n) is 9.10. The highest BCUT2D eigenvalue weighted by Crippen LogP contribution is 2.30. The number of aromatic amines is 1. The summed E-state index contributed by atoms with van der Waals surface area (Å²) in [6.45, 7) is 2.22. The van der Waals surface area contributed by atoms with Crippen molar-refractivity contribution in [3.63, 3.8) is 0 Å². The predicted molar refractivity (Wildman–Crippen MR) is 94.9 cm³/mol. The van der Waals surface area contributed by atoms with Crippen LogP contribution >= 0.6 is 0 Å². The summed E-state index contributed by atoms with van der Waals surface area (Å²) >= 11 is 0. The maximum absolute atomic E-state index is 12.6. The number of fused-ring (bicyclic) bond motifs is 1. The van der Waals surface area contributed by atoms with Crippen molar-refractivity contribution in [3.8, 4) is 0 Å². The second-order valence-electron chi connectivity index (χ2n) is 7.12. The summed E-state index contributed by atoms with van der Waals surface area (Å²) < 4.78 is 0. The molecule has 4 rings (SSSR count). The molecule has 1 saturated carbocycles. The molecule has 0 unspecified atom stereocenters. The Morgan fingerprint density at radius 2 is 1.96 bits per heavy atom. The van der Waals surface area contributed by atoms with Crippen LogP contribution in [0.4, 0.5) is 5.95 Å². The van der Waals surface area contributed by atoms with Crippen LogP contribution in [-0.2, 0) is 19.5 Å². The van der Waals surface area contributed by atoms with E-state index >= 15 is 0 Å². The summed E-state index contributed by atoms with van der Waals surface area (Å²) in [5.41, 5.74) is 8.35. The van der Waals surface area contributed by atoms with E-state index in [4.69, 9.17) is 10.7 Å². The lowest BCUT2D eigenvalue weighted by molar-refractivity contribution is 0.240. The molecule has 1 aliphatic heterocycles. The Bertz CT molecular complexity index is 794. The molecule has 0 radical (unpaired) electrons. The highest BCUT2D eigenvalue weighted by Gasteiger charge is 2.24. The highest BCUT2D eigenvalue weighted by molar-refractivity contribution is 5.23. The van der Waals surface area contributed by atoms with Crippen LogP contribution in [-0.4, -0.2) is 31.4 Å². The number of anilines is 1. The molecule has 0 bridgehead atoms. The molecule has 1 aliphatic carbocycles. The summed E-state index contributed by atoms with van der Waals surface area (Å²) in [7, 11) is 0. The number of nitrogens with one attached hydrogen (secondary N) is 1. The van der Waals surface area contributed by atoms with Gasteiger partial charge in [0.25, 0.3) is 5.56 Å². The minimum atomic E-state index is 0.0313. The number of hydrogen-bond donors (Lipinski definition) is 2. The number of H-pyrrole nitrogens is 1. The van der Waals surface area contributed by atoms with Crippen LogP contribution in [0.25, 0.3) is 0 Å². The molecular formula is C18H24N6O. The first-order chi connectivity index (χ1) is 12.2. The third-order valence-corrected chi connectivity index (χ3v) is 5.29. The van der Waals surface area contributed by atoms with Crippen LogP contribution in [0.2, 0.25) is 0 Å². The zero-order valence-electron chi connectivity index (χ0n) is 14.4. The fourth-order valence-corrected chi connectivity index (χ4v) is 3.91. The van der Waals surface area contributed by atoms with Crippen molar-refractivity contribution >= 4 is 5.95 Å². The second-order valence-corrected chi connectivity index (χ2v) is 7.12. The SMILES string of the molecule is Nc1ncc(CN2CCc3nc(C4CCCCC4)[nH]c(=O)c3C2)cn1. The number of hydrogen-bond acceptors (Lipinski definition) is 6. The number of aromatic nitrogens is 4. The van der Waals surface area contributed by atoms with E-state index in [0.29, 0.717) is 19.0 Å². The third kappa shape index (κ3) is 3.56. The lowest BCUT2D eigenvalue weighted by Gasteiger charge is -2.28. The first kappa shape index (κ1) is 16.2. The van der Waals surface area contributed by atoms with E-state index in [9.17, 15) is 4.79 Å². The number of nitrogen functional groups attached to an aromatic ring is 1. The van der Waals surface area contributed by atoms with Crippen LogP contribution < -0.4 is 11.3 Å². The van der Waals surface area contributed by atoms with E-state index in [0.717, 1.165) is 48.5 Å². The molecule has 0 atom stereocenters. The molecule has 3 heterocycles. The van der Waals surface area contributed by atoms with Gasteiger partial charge in [0.2, 0.25) is 5.95 Å². The monoisotopic (exact) mass is 340 g/mol. The Kier molecular flexibility index (Phi) is 4.48. The summed E-state index contributed by atoms with van der Waals surface area (Å²) in [5, 5.41) is 0. The van der Waals surface area contributed by atoms with E-state index in [1.54, 1.807) is 12.4 Å². The number of rotatable bonds is 3. The van der Waals surface area contributed by atoms with E-state index in [1.165, 1.54) is 19.3 Å². The summed E-state index contributed by atoms with van der Waals surface area (Å²) in [6, 6.07) is 0. The van der Waals surface area contributed by atoms with Crippen molar-refractivity contribution in [3.05, 3.63) is 45.4 Å². The standard InChI is InChI=1S/C18H24N6O/c19-18-20-8-12(9-21-18)10-24-7-6-15-14(11-24)17(25)23-16(22-15)13-4-2-1-3-5-13/h8-9,13H,1-7,10-11H2,(H2,19,20,21)(H,22,23,25). The Hall–Kier alpha value is -2.28. The zero-order chi connectivity index (χ0) is 17.2. The largest absolute Gasteiger partial charge is 0.368 e. The second kappa shape index (κ2) is 6.92. The van der Waals surface area contributed by atoms with Gasteiger partial charge in [-0.3, -0.25) is 9.69 Å². The van der Waals surface area contributed by atoms with Gasteiger partial charge < -0.3 is 10.7 Å². The molecular weight excluding hydrogens is 316 g/mol. The topological polar surface area (TPSA) is 101 Å². The van der Waals surface area contributed by atoms with E-state index in [2.05, 4.69) is 19.9 Å². The van der Waals surface area contributed by atoms with Crippen LogP contribution in [0.15, 0.2) is 17.2 Å². The summed E-state index contributed by atoms with van der Waals surface area (Å²) in [4.78, 5) is 30.8. The minimum absolute atomic E-state index is 0.0313. The van der Waals surface area contributed by atoms with Gasteiger partial charge in [-0.2, -0.15) is 0 Å². The van der Waals surface area contributed by atoms with Gasteiger partial charge >= 0.3 is 0 Å². The van der Waals surface area contributed by atoms with Crippen molar-refractivity contribution < 1.29 is 0 Å². The molecule has 25 heavy (non-hydrogen) atoms. The van der Waals surface area contributed by atoms with E-state index in [-0.39, 0.29) is 11.5 Å². The fourth-order valence-electron chi connectivity index (χ4n) is 3.91. The van der Waals surface area contributed by atoms with Crippen molar-refractivity contribution in [1.82, 2.24) is 24.8 Å². The van der Waals surface area contributed by atoms with Crippen LogP contribution in [0.1, 0.15) is 60.7 Å². The lowest BCUT2D eigenvalue weighted by Crippen LogP contribution is -2.36. The molecule has 3 N–H and O–H groups in total. The quantitative estimate of drug-likeness (QED) is 0.883. The molecule has 2 aromatic rings. The maximum atomic E-state index is 12.6. The average molecular weight is 340 g/mol. The van der Waals surface area contributed by atoms with E-state index < -0.39 is 0 Å². The van der Waals surface area contributed by atoms with Crippen LogP contribution in [0.5, 0.6) is 0 Å². The molecule has 1 fully saturated rings. The maximum Gasteiger partial charge on any atom is 0.255 e. The van der Waals surface area contributed by atoms with Gasteiger partial charge in [-0.1, -0.05) is 19.3 Å². The molecule has 132 valence electrons. The van der Waals surface area contributed by atoms with Gasteiger partial charge in [-0.05, 0) is 12.8 Å². The Balaban J connectivity index is 1.51. The molecule has 0 aromatic carbocycles. The van der Waals surface area contributed by atoms with Gasteiger partial charge in [0.05, 0.1) is 11.3 Å². The fraction of sp³-hybridized carbons (Fsp3) is 0.556. The third-order valence-electron chi connectivity index (χ3n) is 5.29. The van der Waals surface area contributed by atoms with E-state index in [1.807, 2.05) is 0 Å². The number of nitrogens with two attached hydrogens (primary N) is 1. The van der Waals surface area contributed by atoms with Gasteiger partial charge in [0, 0.05) is 49.9 Å². The van der Waals surface area contributed by atoms with Crippen molar-refractivity contribution in [2.24, 2.45) is 0 Å². The van der Waals surface area contributed by atoms with Gasteiger partial charge in [-0.15, -0.1) is 0 Å². The highest BCUT2D eigenvalue weighted by atomic mass is 16.1. The normalized spacial score (nSPS) is 18.9. The predicted octanol–water partition coefficient (Wildman–Crippen LogP) is 1.75. The Labute approximate surface area is 146 Å². The van der Waals surface area contributed by atoms with Gasteiger partial charge in [0.1, 0.15) is 5.82 Å². The summed E-state index contributed by atoms with van der Waals surface area (Å²) in [6.07, 6.45) is 10.4. The molecule has 7 nitrogen and oxygen atoms in total. The molecule has 0 amide bonds. The average Bonchev–Trinajstić information content (AvgIpc) is 2.65. The summed E-state index contributed by atoms with van der Waals surface area (Å²) in [5.74, 6) is 1.61. The van der Waals surface area contributed by atoms with Crippen LogP contribution in [0, 0.1) is 0 Å². The first-order valence-corrected chi connectivity index (χ1v) is 9.10. The molecule has 0 saturated heterocycles. The Morgan fingerprint density at radius 3 is 2.72 bits per heavy atom. The smallest absolute Gasteiger partial charge is 0.255 e. The molecule has 2 aromatic heterocycles.